The van der Waals surface area contributed by atoms with E-state index in [4.69, 9.17) is 4.74 Å². The van der Waals surface area contributed by atoms with Gasteiger partial charge in [0.1, 0.15) is 5.60 Å². The van der Waals surface area contributed by atoms with Crippen molar-refractivity contribution in [2.45, 2.75) is 51.7 Å². The van der Waals surface area contributed by atoms with E-state index in [-0.39, 0.29) is 18.1 Å². The first-order valence-corrected chi connectivity index (χ1v) is 6.60. The third-order valence-corrected chi connectivity index (χ3v) is 3.14. The van der Waals surface area contributed by atoms with E-state index in [1.54, 1.807) is 11.0 Å². The lowest BCUT2D eigenvalue weighted by atomic mass is 9.90. The SMILES string of the molecule is C=CCC(O)C1CCN(C(=O)OC(C)(C)C)CC1. The quantitative estimate of drug-likeness (QED) is 0.788. The summed E-state index contributed by atoms with van der Waals surface area (Å²) in [5.41, 5.74) is -0.448. The number of carbonyl (C=O) groups is 1. The zero-order chi connectivity index (χ0) is 13.8. The van der Waals surface area contributed by atoms with E-state index in [2.05, 4.69) is 6.58 Å². The van der Waals surface area contributed by atoms with Crippen LogP contribution < -0.4 is 0 Å². The van der Waals surface area contributed by atoms with Crippen LogP contribution in [-0.2, 0) is 4.74 Å². The Balaban J connectivity index is 2.39. The third-order valence-electron chi connectivity index (χ3n) is 3.14. The Hall–Kier alpha value is -1.03. The molecule has 1 aliphatic heterocycles. The smallest absolute Gasteiger partial charge is 0.410 e. The molecule has 4 heteroatoms. The van der Waals surface area contributed by atoms with Gasteiger partial charge in [-0.3, -0.25) is 0 Å². The van der Waals surface area contributed by atoms with Gasteiger partial charge in [0, 0.05) is 13.1 Å². The fourth-order valence-electron chi connectivity index (χ4n) is 2.16. The minimum Gasteiger partial charge on any atom is -0.444 e. The van der Waals surface area contributed by atoms with Crippen LogP contribution in [0.5, 0.6) is 0 Å². The molecule has 4 nitrogen and oxygen atoms in total. The van der Waals surface area contributed by atoms with Gasteiger partial charge in [0.05, 0.1) is 6.10 Å². The average molecular weight is 255 g/mol. The molecule has 1 amide bonds. The maximum atomic E-state index is 11.8. The molecule has 0 spiro atoms. The summed E-state index contributed by atoms with van der Waals surface area (Å²) >= 11 is 0. The predicted molar refractivity (Wildman–Crippen MR) is 71.4 cm³/mol. The zero-order valence-corrected chi connectivity index (χ0v) is 11.7. The molecule has 0 bridgehead atoms. The normalized spacial score (nSPS) is 19.4. The Morgan fingerprint density at radius 2 is 2.06 bits per heavy atom. The number of hydrogen-bond donors (Lipinski definition) is 1. The van der Waals surface area contributed by atoms with Gasteiger partial charge in [0.25, 0.3) is 0 Å². The molecule has 104 valence electrons. The molecule has 0 aliphatic carbocycles. The number of amides is 1. The highest BCUT2D eigenvalue weighted by atomic mass is 16.6. The van der Waals surface area contributed by atoms with Crippen LogP contribution in [-0.4, -0.2) is 40.9 Å². The number of hydrogen-bond acceptors (Lipinski definition) is 3. The van der Waals surface area contributed by atoms with Crippen molar-refractivity contribution in [3.63, 3.8) is 0 Å². The van der Waals surface area contributed by atoms with Gasteiger partial charge in [-0.1, -0.05) is 6.08 Å². The van der Waals surface area contributed by atoms with Crippen molar-refractivity contribution in [1.82, 2.24) is 4.90 Å². The molecule has 1 heterocycles. The highest BCUT2D eigenvalue weighted by Crippen LogP contribution is 2.23. The van der Waals surface area contributed by atoms with Gasteiger partial charge in [-0.15, -0.1) is 6.58 Å². The molecule has 1 aliphatic rings. The van der Waals surface area contributed by atoms with Crippen molar-refractivity contribution in [1.29, 1.82) is 0 Å². The molecule has 0 radical (unpaired) electrons. The van der Waals surface area contributed by atoms with E-state index in [1.165, 1.54) is 0 Å². The van der Waals surface area contributed by atoms with Crippen LogP contribution in [0.4, 0.5) is 4.79 Å². The van der Waals surface area contributed by atoms with Crippen molar-refractivity contribution in [2.24, 2.45) is 5.92 Å². The van der Waals surface area contributed by atoms with Crippen molar-refractivity contribution in [3.8, 4) is 0 Å². The largest absolute Gasteiger partial charge is 0.444 e. The second-order valence-corrected chi connectivity index (χ2v) is 5.90. The van der Waals surface area contributed by atoms with Gasteiger partial charge >= 0.3 is 6.09 Å². The Labute approximate surface area is 110 Å². The van der Waals surface area contributed by atoms with Crippen LogP contribution in [0.15, 0.2) is 12.7 Å². The van der Waals surface area contributed by atoms with Crippen molar-refractivity contribution in [2.75, 3.05) is 13.1 Å². The average Bonchev–Trinajstić information content (AvgIpc) is 2.27. The molecular formula is C14H25NO3. The zero-order valence-electron chi connectivity index (χ0n) is 11.7. The van der Waals surface area contributed by atoms with Crippen LogP contribution in [0.3, 0.4) is 0 Å². The molecule has 1 unspecified atom stereocenters. The number of rotatable bonds is 3. The fourth-order valence-corrected chi connectivity index (χ4v) is 2.16. The van der Waals surface area contributed by atoms with E-state index in [0.29, 0.717) is 19.5 Å². The summed E-state index contributed by atoms with van der Waals surface area (Å²) in [6.45, 7) is 10.6. The number of piperidine rings is 1. The Morgan fingerprint density at radius 1 is 1.50 bits per heavy atom. The number of aliphatic hydroxyl groups excluding tert-OH is 1. The maximum absolute atomic E-state index is 11.8. The van der Waals surface area contributed by atoms with Gasteiger partial charge < -0.3 is 14.7 Å². The van der Waals surface area contributed by atoms with Gasteiger partial charge in [0.2, 0.25) is 0 Å². The van der Waals surface area contributed by atoms with E-state index in [0.717, 1.165) is 12.8 Å². The molecule has 1 atom stereocenters. The first-order chi connectivity index (χ1) is 8.33. The van der Waals surface area contributed by atoms with Crippen molar-refractivity contribution in [3.05, 3.63) is 12.7 Å². The second kappa shape index (κ2) is 6.23. The van der Waals surface area contributed by atoms with Gasteiger partial charge in [-0.05, 0) is 46.0 Å². The highest BCUT2D eigenvalue weighted by Gasteiger charge is 2.29. The summed E-state index contributed by atoms with van der Waals surface area (Å²) < 4.78 is 5.33. The van der Waals surface area contributed by atoms with E-state index < -0.39 is 5.60 Å². The van der Waals surface area contributed by atoms with Crippen LogP contribution in [0, 0.1) is 5.92 Å². The lowest BCUT2D eigenvalue weighted by Gasteiger charge is -2.35. The summed E-state index contributed by atoms with van der Waals surface area (Å²) in [4.78, 5) is 13.6. The molecule has 0 aromatic heterocycles. The number of carbonyl (C=O) groups excluding carboxylic acids is 1. The molecule has 1 N–H and O–H groups in total. The van der Waals surface area contributed by atoms with Gasteiger partial charge in [-0.25, -0.2) is 4.79 Å². The van der Waals surface area contributed by atoms with Crippen LogP contribution >= 0.6 is 0 Å². The molecule has 1 rings (SSSR count). The Kier molecular flexibility index (Phi) is 5.20. The third kappa shape index (κ3) is 4.69. The Morgan fingerprint density at radius 3 is 2.50 bits per heavy atom. The summed E-state index contributed by atoms with van der Waals surface area (Å²) in [5.74, 6) is 0.265. The van der Waals surface area contributed by atoms with Crippen LogP contribution in [0.25, 0.3) is 0 Å². The molecule has 0 saturated carbocycles. The number of aliphatic hydroxyl groups is 1. The van der Waals surface area contributed by atoms with Crippen molar-refractivity contribution < 1.29 is 14.6 Å². The van der Waals surface area contributed by atoms with E-state index in [1.807, 2.05) is 20.8 Å². The summed E-state index contributed by atoms with van der Waals surface area (Å²) in [6.07, 6.45) is 3.44. The van der Waals surface area contributed by atoms with E-state index >= 15 is 0 Å². The number of ether oxygens (including phenoxy) is 1. The lowest BCUT2D eigenvalue weighted by molar-refractivity contribution is 0.00833. The van der Waals surface area contributed by atoms with E-state index in [9.17, 15) is 9.90 Å². The minimum absolute atomic E-state index is 0.251. The highest BCUT2D eigenvalue weighted by molar-refractivity contribution is 5.68. The lowest BCUT2D eigenvalue weighted by Crippen LogP contribution is -2.43. The molecule has 0 aromatic rings. The van der Waals surface area contributed by atoms with Crippen LogP contribution in [0.1, 0.15) is 40.0 Å². The number of likely N-dealkylation sites (tertiary alicyclic amines) is 1. The minimum atomic E-state index is -0.448. The molecule has 18 heavy (non-hydrogen) atoms. The fraction of sp³-hybridized carbons (Fsp3) is 0.786. The topological polar surface area (TPSA) is 49.8 Å². The molecule has 0 aromatic carbocycles. The molecule has 1 saturated heterocycles. The number of nitrogens with zero attached hydrogens (tertiary/aromatic N) is 1. The standard InChI is InChI=1S/C14H25NO3/c1-5-6-12(16)11-7-9-15(10-8-11)13(17)18-14(2,3)4/h5,11-12,16H,1,6-10H2,2-4H3. The monoisotopic (exact) mass is 255 g/mol. The summed E-state index contributed by atoms with van der Waals surface area (Å²) in [7, 11) is 0. The van der Waals surface area contributed by atoms with Crippen LogP contribution in [0.2, 0.25) is 0 Å². The molecular weight excluding hydrogens is 230 g/mol. The second-order valence-electron chi connectivity index (χ2n) is 5.90. The Bertz CT molecular complexity index is 288. The summed E-state index contributed by atoms with van der Waals surface area (Å²) in [6, 6.07) is 0. The van der Waals surface area contributed by atoms with Crippen molar-refractivity contribution >= 4 is 6.09 Å². The first-order valence-electron chi connectivity index (χ1n) is 6.60. The molecule has 1 fully saturated rings. The summed E-state index contributed by atoms with van der Waals surface area (Å²) in [5, 5.41) is 9.88. The predicted octanol–water partition coefficient (Wildman–Crippen LogP) is 2.57. The van der Waals surface area contributed by atoms with Gasteiger partial charge in [0.15, 0.2) is 0 Å². The maximum Gasteiger partial charge on any atom is 0.410 e. The first kappa shape index (κ1) is 15.0. The van der Waals surface area contributed by atoms with Gasteiger partial charge in [-0.2, -0.15) is 0 Å².